The van der Waals surface area contributed by atoms with E-state index in [0.717, 1.165) is 23.4 Å². The summed E-state index contributed by atoms with van der Waals surface area (Å²) >= 11 is 0. The molecule has 1 amide bonds. The molecule has 0 bridgehead atoms. The second kappa shape index (κ2) is 7.59. The van der Waals surface area contributed by atoms with Crippen LogP contribution in [0.4, 0.5) is 0 Å². The molecular formula is C18H27N3O2. The van der Waals surface area contributed by atoms with E-state index < -0.39 is 0 Å². The van der Waals surface area contributed by atoms with Crippen molar-refractivity contribution in [3.63, 3.8) is 0 Å². The van der Waals surface area contributed by atoms with Gasteiger partial charge in [0.1, 0.15) is 5.82 Å². The summed E-state index contributed by atoms with van der Waals surface area (Å²) in [6.07, 6.45) is 0.711. The number of carbonyl (C=O) groups is 1. The summed E-state index contributed by atoms with van der Waals surface area (Å²) in [7, 11) is 0. The van der Waals surface area contributed by atoms with Crippen molar-refractivity contribution in [1.29, 1.82) is 0 Å². The molecule has 2 rings (SSSR count). The molecule has 0 unspecified atom stereocenters. The number of fused-ring (bicyclic) bond motifs is 1. The highest BCUT2D eigenvalue weighted by Crippen LogP contribution is 2.17. The lowest BCUT2D eigenvalue weighted by molar-refractivity contribution is -0.128. The van der Waals surface area contributed by atoms with Crippen LogP contribution in [0.5, 0.6) is 0 Å². The minimum absolute atomic E-state index is 0.0643. The van der Waals surface area contributed by atoms with Crippen molar-refractivity contribution < 1.29 is 9.53 Å². The van der Waals surface area contributed by atoms with E-state index in [1.165, 1.54) is 0 Å². The highest BCUT2D eigenvalue weighted by atomic mass is 16.5. The summed E-state index contributed by atoms with van der Waals surface area (Å²) in [5, 5.41) is 2.99. The molecule has 2 aromatic rings. The summed E-state index contributed by atoms with van der Waals surface area (Å²) in [5.74, 6) is 1.05. The lowest BCUT2D eigenvalue weighted by atomic mass is 9.96. The first-order valence-electron chi connectivity index (χ1n) is 8.23. The Kier molecular flexibility index (Phi) is 5.77. The zero-order valence-corrected chi connectivity index (χ0v) is 14.6. The number of aromatic nitrogens is 2. The van der Waals surface area contributed by atoms with Gasteiger partial charge in [0.05, 0.1) is 17.6 Å². The van der Waals surface area contributed by atoms with Crippen LogP contribution in [0.2, 0.25) is 0 Å². The van der Waals surface area contributed by atoms with Crippen molar-refractivity contribution in [3.8, 4) is 0 Å². The van der Waals surface area contributed by atoms with Crippen LogP contribution in [0.25, 0.3) is 11.0 Å². The maximum atomic E-state index is 12.0. The van der Waals surface area contributed by atoms with Crippen molar-refractivity contribution in [1.82, 2.24) is 14.9 Å². The summed E-state index contributed by atoms with van der Waals surface area (Å²) in [6.45, 7) is 10.5. The summed E-state index contributed by atoms with van der Waals surface area (Å²) in [4.78, 5) is 16.7. The second-order valence-corrected chi connectivity index (χ2v) is 6.62. The minimum atomic E-state index is -0.366. The van der Waals surface area contributed by atoms with Crippen LogP contribution < -0.4 is 5.32 Å². The third-order valence-electron chi connectivity index (χ3n) is 3.71. The molecule has 23 heavy (non-hydrogen) atoms. The first kappa shape index (κ1) is 17.5. The summed E-state index contributed by atoms with van der Waals surface area (Å²) in [6, 6.07) is 8.11. The number of amides is 1. The van der Waals surface area contributed by atoms with Gasteiger partial charge >= 0.3 is 0 Å². The normalized spacial score (nSPS) is 11.8. The predicted molar refractivity (Wildman–Crippen MR) is 92.4 cm³/mol. The molecule has 0 saturated heterocycles. The van der Waals surface area contributed by atoms with Crippen LogP contribution >= 0.6 is 0 Å². The molecule has 5 nitrogen and oxygen atoms in total. The van der Waals surface area contributed by atoms with E-state index in [4.69, 9.17) is 9.72 Å². The minimum Gasteiger partial charge on any atom is -0.380 e. The molecule has 0 aliphatic heterocycles. The maximum Gasteiger partial charge on any atom is 0.225 e. The number of nitrogens with one attached hydrogen (secondary N) is 1. The van der Waals surface area contributed by atoms with E-state index in [0.29, 0.717) is 26.2 Å². The van der Waals surface area contributed by atoms with Crippen LogP contribution in [-0.2, 0) is 22.5 Å². The Bertz CT molecular complexity index is 656. The second-order valence-electron chi connectivity index (χ2n) is 6.62. The Morgan fingerprint density at radius 2 is 2.04 bits per heavy atom. The quantitative estimate of drug-likeness (QED) is 0.799. The van der Waals surface area contributed by atoms with Gasteiger partial charge in [-0.25, -0.2) is 4.98 Å². The Labute approximate surface area is 138 Å². The van der Waals surface area contributed by atoms with Crippen molar-refractivity contribution >= 4 is 16.9 Å². The van der Waals surface area contributed by atoms with Crippen molar-refractivity contribution in [2.75, 3.05) is 19.8 Å². The summed E-state index contributed by atoms with van der Waals surface area (Å²) in [5.41, 5.74) is 1.74. The molecule has 5 heteroatoms. The molecule has 1 aromatic carbocycles. The highest BCUT2D eigenvalue weighted by molar-refractivity contribution is 5.81. The largest absolute Gasteiger partial charge is 0.380 e. The number of hydrogen-bond donors (Lipinski definition) is 1. The van der Waals surface area contributed by atoms with Gasteiger partial charge in [0.15, 0.2) is 0 Å². The third kappa shape index (κ3) is 4.55. The lowest BCUT2D eigenvalue weighted by Gasteiger charge is -2.17. The van der Waals surface area contributed by atoms with Crippen LogP contribution in [0.1, 0.15) is 33.5 Å². The van der Waals surface area contributed by atoms with Gasteiger partial charge in [-0.1, -0.05) is 32.9 Å². The Morgan fingerprint density at radius 1 is 1.30 bits per heavy atom. The van der Waals surface area contributed by atoms with Gasteiger partial charge in [0.25, 0.3) is 0 Å². The predicted octanol–water partition coefficient (Wildman–Crippen LogP) is 2.78. The number of rotatable bonds is 7. The van der Waals surface area contributed by atoms with Gasteiger partial charge in [-0.3, -0.25) is 4.79 Å². The molecule has 0 fully saturated rings. The average Bonchev–Trinajstić information content (AvgIpc) is 2.84. The van der Waals surface area contributed by atoms with E-state index in [9.17, 15) is 4.79 Å². The zero-order chi connectivity index (χ0) is 16.9. The fraction of sp³-hybridized carbons (Fsp3) is 0.556. The number of para-hydroxylation sites is 2. The Balaban J connectivity index is 2.09. The molecule has 1 N–H and O–H groups in total. The Hall–Kier alpha value is -1.88. The van der Waals surface area contributed by atoms with Gasteiger partial charge in [-0.05, 0) is 19.1 Å². The van der Waals surface area contributed by atoms with E-state index in [-0.39, 0.29) is 11.3 Å². The van der Waals surface area contributed by atoms with E-state index in [1.54, 1.807) is 0 Å². The zero-order valence-electron chi connectivity index (χ0n) is 14.6. The van der Waals surface area contributed by atoms with Crippen LogP contribution in [0.3, 0.4) is 0 Å². The lowest BCUT2D eigenvalue weighted by Crippen LogP contribution is -2.36. The van der Waals surface area contributed by atoms with E-state index in [2.05, 4.69) is 16.0 Å². The van der Waals surface area contributed by atoms with Crippen molar-refractivity contribution in [2.45, 2.75) is 40.7 Å². The molecular weight excluding hydrogens is 290 g/mol. The first-order chi connectivity index (χ1) is 10.9. The molecule has 1 aromatic heterocycles. The van der Waals surface area contributed by atoms with Gasteiger partial charge in [0.2, 0.25) is 5.91 Å². The first-order valence-corrected chi connectivity index (χ1v) is 8.23. The fourth-order valence-electron chi connectivity index (χ4n) is 2.42. The molecule has 0 saturated carbocycles. The van der Waals surface area contributed by atoms with Gasteiger partial charge in [-0.15, -0.1) is 0 Å². The standard InChI is InChI=1S/C18H27N3O2/c1-5-23-13-12-21-15-9-7-6-8-14(15)20-16(21)10-11-19-17(22)18(2,3)4/h6-9H,5,10-13H2,1-4H3,(H,19,22). The number of carbonyl (C=O) groups excluding carboxylic acids is 1. The molecule has 0 aliphatic rings. The average molecular weight is 317 g/mol. The van der Waals surface area contributed by atoms with Gasteiger partial charge in [-0.2, -0.15) is 0 Å². The topological polar surface area (TPSA) is 56.1 Å². The fourth-order valence-corrected chi connectivity index (χ4v) is 2.42. The number of benzene rings is 1. The molecule has 126 valence electrons. The number of nitrogens with zero attached hydrogens (tertiary/aromatic N) is 2. The molecule has 0 aliphatic carbocycles. The van der Waals surface area contributed by atoms with Gasteiger partial charge < -0.3 is 14.6 Å². The van der Waals surface area contributed by atoms with Gasteiger partial charge in [0, 0.05) is 31.5 Å². The van der Waals surface area contributed by atoms with Crippen molar-refractivity contribution in [2.24, 2.45) is 5.41 Å². The van der Waals surface area contributed by atoms with E-state index in [1.807, 2.05) is 45.9 Å². The van der Waals surface area contributed by atoms with Crippen molar-refractivity contribution in [3.05, 3.63) is 30.1 Å². The van der Waals surface area contributed by atoms with E-state index >= 15 is 0 Å². The Morgan fingerprint density at radius 3 is 2.74 bits per heavy atom. The van der Waals surface area contributed by atoms with Crippen LogP contribution in [0, 0.1) is 5.41 Å². The number of ether oxygens (including phenoxy) is 1. The van der Waals surface area contributed by atoms with Crippen LogP contribution in [0.15, 0.2) is 24.3 Å². The maximum absolute atomic E-state index is 12.0. The summed E-state index contributed by atoms with van der Waals surface area (Å²) < 4.78 is 7.67. The highest BCUT2D eigenvalue weighted by Gasteiger charge is 2.20. The molecule has 0 spiro atoms. The monoisotopic (exact) mass is 317 g/mol. The number of hydrogen-bond acceptors (Lipinski definition) is 3. The molecule has 0 radical (unpaired) electrons. The smallest absolute Gasteiger partial charge is 0.225 e. The van der Waals surface area contributed by atoms with Crippen LogP contribution in [-0.4, -0.2) is 35.2 Å². The third-order valence-corrected chi connectivity index (χ3v) is 3.71. The molecule has 1 heterocycles. The molecule has 0 atom stereocenters. The SMILES string of the molecule is CCOCCn1c(CCNC(=O)C(C)(C)C)nc2ccccc21. The number of imidazole rings is 1.